The van der Waals surface area contributed by atoms with Gasteiger partial charge in [-0.25, -0.2) is 0 Å². The predicted molar refractivity (Wildman–Crippen MR) is 115 cm³/mol. The summed E-state index contributed by atoms with van der Waals surface area (Å²) in [5.41, 5.74) is 4.76. The maximum absolute atomic E-state index is 12.2. The van der Waals surface area contributed by atoms with Crippen LogP contribution in [0, 0.1) is 0 Å². The first-order valence-corrected chi connectivity index (χ1v) is 10.2. The maximum atomic E-state index is 12.2. The van der Waals surface area contributed by atoms with Crippen LogP contribution in [0.25, 0.3) is 0 Å². The summed E-state index contributed by atoms with van der Waals surface area (Å²) in [6, 6.07) is 16.7. The van der Waals surface area contributed by atoms with E-state index in [9.17, 15) is 4.79 Å². The van der Waals surface area contributed by atoms with Crippen LogP contribution in [0.15, 0.2) is 58.7 Å². The summed E-state index contributed by atoms with van der Waals surface area (Å²) in [7, 11) is 0. The van der Waals surface area contributed by atoms with E-state index < -0.39 is 0 Å². The van der Waals surface area contributed by atoms with Crippen molar-refractivity contribution in [1.29, 1.82) is 0 Å². The lowest BCUT2D eigenvalue weighted by molar-refractivity contribution is -0.118. The van der Waals surface area contributed by atoms with Gasteiger partial charge in [0.1, 0.15) is 0 Å². The third-order valence-electron chi connectivity index (χ3n) is 4.59. The van der Waals surface area contributed by atoms with Gasteiger partial charge in [-0.1, -0.05) is 81.1 Å². The van der Waals surface area contributed by atoms with Gasteiger partial charge in [-0.3, -0.25) is 4.79 Å². The van der Waals surface area contributed by atoms with Crippen LogP contribution in [0.5, 0.6) is 0 Å². The smallest absolute Gasteiger partial charge is 0.239 e. The van der Waals surface area contributed by atoms with E-state index in [1.54, 1.807) is 6.21 Å². The Labute approximate surface area is 165 Å². The van der Waals surface area contributed by atoms with E-state index in [1.807, 2.05) is 12.1 Å². The summed E-state index contributed by atoms with van der Waals surface area (Å²) in [5, 5.41) is 11.5. The highest BCUT2D eigenvalue weighted by Crippen LogP contribution is 2.23. The molecule has 1 unspecified atom stereocenters. The first kappa shape index (κ1) is 19.4. The van der Waals surface area contributed by atoms with Crippen molar-refractivity contribution < 1.29 is 4.79 Å². The molecule has 1 saturated heterocycles. The molecule has 0 aliphatic carbocycles. The van der Waals surface area contributed by atoms with E-state index >= 15 is 0 Å². The molecule has 1 aliphatic heterocycles. The van der Waals surface area contributed by atoms with Gasteiger partial charge in [0, 0.05) is 0 Å². The van der Waals surface area contributed by atoms with Crippen LogP contribution in [-0.4, -0.2) is 22.5 Å². The van der Waals surface area contributed by atoms with Crippen LogP contribution in [-0.2, 0) is 17.6 Å². The second kappa shape index (κ2) is 9.00. The zero-order valence-corrected chi connectivity index (χ0v) is 16.8. The number of thioether (sulfide) groups is 1. The normalized spacial score (nSPS) is 18.6. The molecule has 1 N–H and O–H groups in total. The summed E-state index contributed by atoms with van der Waals surface area (Å²) < 4.78 is 0. The second-order valence-electron chi connectivity index (χ2n) is 6.94. The van der Waals surface area contributed by atoms with Crippen LogP contribution in [0.2, 0.25) is 0 Å². The fourth-order valence-corrected chi connectivity index (χ4v) is 3.79. The van der Waals surface area contributed by atoms with Gasteiger partial charge in [0.15, 0.2) is 5.17 Å². The molecule has 1 heterocycles. The Hall–Kier alpha value is -2.40. The zero-order valence-electron chi connectivity index (χ0n) is 16.0. The van der Waals surface area contributed by atoms with Gasteiger partial charge in [-0.05, 0) is 41.0 Å². The van der Waals surface area contributed by atoms with Gasteiger partial charge in [0.2, 0.25) is 5.91 Å². The zero-order chi connectivity index (χ0) is 19.2. The molecular weight excluding hydrogens is 354 g/mol. The third kappa shape index (κ3) is 5.30. The Morgan fingerprint density at radius 2 is 1.74 bits per heavy atom. The molecule has 1 amide bonds. The number of benzene rings is 2. The highest BCUT2D eigenvalue weighted by molar-refractivity contribution is 8.15. The molecule has 1 fully saturated rings. The number of aryl methyl sites for hydroxylation is 1. The predicted octanol–water partition coefficient (Wildman–Crippen LogP) is 4.54. The van der Waals surface area contributed by atoms with Gasteiger partial charge < -0.3 is 5.32 Å². The first-order valence-electron chi connectivity index (χ1n) is 9.31. The van der Waals surface area contributed by atoms with Crippen molar-refractivity contribution >= 4 is 29.1 Å². The number of carbonyl (C=O) groups is 1. The summed E-state index contributed by atoms with van der Waals surface area (Å²) in [5.74, 6) is 0.506. The van der Waals surface area contributed by atoms with Crippen molar-refractivity contribution in [2.24, 2.45) is 10.2 Å². The molecule has 4 nitrogen and oxygen atoms in total. The van der Waals surface area contributed by atoms with Gasteiger partial charge in [-0.15, -0.1) is 5.10 Å². The minimum Gasteiger partial charge on any atom is -0.303 e. The second-order valence-corrected chi connectivity index (χ2v) is 8.13. The van der Waals surface area contributed by atoms with E-state index in [4.69, 9.17) is 0 Å². The van der Waals surface area contributed by atoms with E-state index in [1.165, 1.54) is 22.9 Å². The molecule has 1 aliphatic rings. The Morgan fingerprint density at radius 1 is 1.07 bits per heavy atom. The van der Waals surface area contributed by atoms with Crippen LogP contribution in [0.3, 0.4) is 0 Å². The fraction of sp³-hybridized carbons (Fsp3) is 0.318. The number of nitrogens with zero attached hydrogens (tertiary/aromatic N) is 2. The van der Waals surface area contributed by atoms with Crippen molar-refractivity contribution in [2.45, 2.75) is 44.8 Å². The molecule has 1 atom stereocenters. The lowest BCUT2D eigenvalue weighted by Gasteiger charge is -2.06. The summed E-state index contributed by atoms with van der Waals surface area (Å²) in [4.78, 5) is 12.2. The molecule has 0 saturated carbocycles. The number of amidine groups is 1. The molecule has 3 rings (SSSR count). The van der Waals surface area contributed by atoms with Gasteiger partial charge >= 0.3 is 0 Å². The number of hydrogen-bond donors (Lipinski definition) is 1. The van der Waals surface area contributed by atoms with Gasteiger partial charge in [0.05, 0.1) is 11.5 Å². The minimum atomic E-state index is -0.156. The largest absolute Gasteiger partial charge is 0.303 e. The van der Waals surface area contributed by atoms with Crippen molar-refractivity contribution in [3.8, 4) is 0 Å². The average molecular weight is 380 g/mol. The van der Waals surface area contributed by atoms with Crippen molar-refractivity contribution in [3.05, 3.63) is 70.8 Å². The highest BCUT2D eigenvalue weighted by Gasteiger charge is 2.30. The maximum Gasteiger partial charge on any atom is 0.239 e. The Bertz CT molecular complexity index is 839. The summed E-state index contributed by atoms with van der Waals surface area (Å²) in [6.07, 6.45) is 3.43. The van der Waals surface area contributed by atoms with Gasteiger partial charge in [-0.2, -0.15) is 5.10 Å². The number of amides is 1. The molecule has 2 aromatic carbocycles. The third-order valence-corrected chi connectivity index (χ3v) is 5.66. The average Bonchev–Trinajstić information content (AvgIpc) is 3.02. The fourth-order valence-electron chi connectivity index (χ4n) is 2.83. The standard InChI is InChI=1S/C22H25N3OS/c1-4-16-5-7-17(8-6-16)13-20-21(26)24-22(27-20)25-23-14-18-9-11-19(12-10-18)15(2)3/h5-12,14-15,20H,4,13H2,1-3H3,(H,24,25,26). The molecule has 0 radical (unpaired) electrons. The Kier molecular flexibility index (Phi) is 6.45. The monoisotopic (exact) mass is 379 g/mol. The van der Waals surface area contributed by atoms with E-state index in [-0.39, 0.29) is 11.2 Å². The molecule has 0 spiro atoms. The van der Waals surface area contributed by atoms with E-state index in [2.05, 4.69) is 72.7 Å². The van der Waals surface area contributed by atoms with E-state index in [0.717, 1.165) is 17.5 Å². The summed E-state index contributed by atoms with van der Waals surface area (Å²) in [6.45, 7) is 6.48. The molecule has 27 heavy (non-hydrogen) atoms. The Balaban J connectivity index is 1.58. The topological polar surface area (TPSA) is 53.8 Å². The minimum absolute atomic E-state index is 0.00481. The van der Waals surface area contributed by atoms with Crippen LogP contribution in [0.4, 0.5) is 0 Å². The van der Waals surface area contributed by atoms with Crippen molar-refractivity contribution in [2.75, 3.05) is 0 Å². The van der Waals surface area contributed by atoms with E-state index in [0.29, 0.717) is 17.5 Å². The quantitative estimate of drug-likeness (QED) is 0.592. The Morgan fingerprint density at radius 3 is 2.37 bits per heavy atom. The van der Waals surface area contributed by atoms with Crippen molar-refractivity contribution in [1.82, 2.24) is 5.32 Å². The van der Waals surface area contributed by atoms with Crippen LogP contribution >= 0.6 is 11.8 Å². The number of rotatable bonds is 6. The van der Waals surface area contributed by atoms with Crippen LogP contribution in [0.1, 0.15) is 48.9 Å². The van der Waals surface area contributed by atoms with Crippen LogP contribution < -0.4 is 5.32 Å². The molecule has 140 valence electrons. The number of hydrogen-bond acceptors (Lipinski definition) is 4. The number of nitrogens with one attached hydrogen (secondary N) is 1. The van der Waals surface area contributed by atoms with Crippen molar-refractivity contribution in [3.63, 3.8) is 0 Å². The summed E-state index contributed by atoms with van der Waals surface area (Å²) >= 11 is 1.44. The lowest BCUT2D eigenvalue weighted by atomic mass is 10.0. The SMILES string of the molecule is CCc1ccc(CC2SC(=NN=Cc3ccc(C(C)C)cc3)NC2=O)cc1. The van der Waals surface area contributed by atoms with Gasteiger partial charge in [0.25, 0.3) is 0 Å². The first-order chi connectivity index (χ1) is 13.0. The molecule has 0 aromatic heterocycles. The molecule has 0 bridgehead atoms. The molecule has 5 heteroatoms. The molecule has 2 aromatic rings. The lowest BCUT2D eigenvalue weighted by Crippen LogP contribution is -2.25. The molecular formula is C22H25N3OS. The number of carbonyl (C=O) groups excluding carboxylic acids is 1. The highest BCUT2D eigenvalue weighted by atomic mass is 32.2.